The van der Waals surface area contributed by atoms with Crippen molar-refractivity contribution in [2.45, 2.75) is 39.0 Å². The summed E-state index contributed by atoms with van der Waals surface area (Å²) in [5.41, 5.74) is 2.26. The Hall–Kier alpha value is -3.73. The number of aryl methyl sites for hydroxylation is 2. The minimum absolute atomic E-state index is 0.163. The number of anilines is 3. The van der Waals surface area contributed by atoms with Crippen LogP contribution in [0.2, 0.25) is 0 Å². The maximum Gasteiger partial charge on any atom is 0.277 e. The fourth-order valence-electron chi connectivity index (χ4n) is 3.29. The molecule has 33 heavy (non-hydrogen) atoms. The van der Waals surface area contributed by atoms with Crippen LogP contribution >= 0.6 is 0 Å². The number of nitrogens with zero attached hydrogens (tertiary/aromatic N) is 5. The lowest BCUT2D eigenvalue weighted by atomic mass is 10.1. The van der Waals surface area contributed by atoms with E-state index in [-0.39, 0.29) is 29.2 Å². The lowest BCUT2D eigenvalue weighted by molar-refractivity contribution is -0.117. The quantitative estimate of drug-likeness (QED) is 0.496. The predicted molar refractivity (Wildman–Crippen MR) is 120 cm³/mol. The summed E-state index contributed by atoms with van der Waals surface area (Å²) < 4.78 is 14.5. The van der Waals surface area contributed by atoms with Crippen LogP contribution in [0.1, 0.15) is 37.1 Å². The van der Waals surface area contributed by atoms with Gasteiger partial charge in [0.15, 0.2) is 0 Å². The van der Waals surface area contributed by atoms with E-state index in [4.69, 9.17) is 0 Å². The molecule has 0 spiro atoms. The zero-order chi connectivity index (χ0) is 23.7. The van der Waals surface area contributed by atoms with Crippen LogP contribution in [0.3, 0.4) is 0 Å². The van der Waals surface area contributed by atoms with Crippen molar-refractivity contribution >= 4 is 23.1 Å². The molecule has 1 unspecified atom stereocenters. The lowest BCUT2D eigenvalue weighted by Gasteiger charge is -2.15. The molecule has 3 aromatic rings. The SMILES string of the molecule is CCC(O)c1cc(C)c(Nc2c(-c3cc(NC(=O)[C@H]4C[C@H]4F)ncn3)ncn(C)c2=O)cn1. The molecular weight excluding hydrogens is 429 g/mol. The number of nitrogens with one attached hydrogen (secondary N) is 2. The largest absolute Gasteiger partial charge is 0.387 e. The van der Waals surface area contributed by atoms with Gasteiger partial charge in [0, 0.05) is 13.1 Å². The maximum atomic E-state index is 13.2. The number of aliphatic hydroxyl groups is 1. The van der Waals surface area contributed by atoms with E-state index in [1.54, 1.807) is 19.3 Å². The van der Waals surface area contributed by atoms with E-state index >= 15 is 0 Å². The van der Waals surface area contributed by atoms with Gasteiger partial charge in [0.1, 0.15) is 29.7 Å². The first-order valence-corrected chi connectivity index (χ1v) is 10.5. The molecule has 3 heterocycles. The molecule has 3 N–H and O–H groups in total. The predicted octanol–water partition coefficient (Wildman–Crippen LogP) is 2.42. The number of amides is 1. The van der Waals surface area contributed by atoms with E-state index in [0.29, 0.717) is 23.5 Å². The van der Waals surface area contributed by atoms with E-state index < -0.39 is 24.1 Å². The van der Waals surface area contributed by atoms with Gasteiger partial charge in [-0.25, -0.2) is 19.3 Å². The number of pyridine rings is 1. The molecule has 1 amide bonds. The third-order valence-electron chi connectivity index (χ3n) is 5.46. The molecule has 0 aromatic carbocycles. The normalized spacial score (nSPS) is 18.0. The summed E-state index contributed by atoms with van der Waals surface area (Å²) in [5, 5.41) is 15.7. The molecular formula is C22H24FN7O3. The topological polar surface area (TPSA) is 135 Å². The van der Waals surface area contributed by atoms with Crippen LogP contribution in [0.25, 0.3) is 11.4 Å². The lowest BCUT2D eigenvalue weighted by Crippen LogP contribution is -2.22. The molecule has 1 fully saturated rings. The van der Waals surface area contributed by atoms with Crippen LogP contribution in [0, 0.1) is 12.8 Å². The summed E-state index contributed by atoms with van der Waals surface area (Å²) in [7, 11) is 1.57. The highest BCUT2D eigenvalue weighted by molar-refractivity contribution is 5.94. The molecule has 10 nitrogen and oxygen atoms in total. The van der Waals surface area contributed by atoms with Crippen molar-refractivity contribution in [3.8, 4) is 11.4 Å². The zero-order valence-corrected chi connectivity index (χ0v) is 18.4. The van der Waals surface area contributed by atoms with E-state index in [9.17, 15) is 19.1 Å². The number of hydrogen-bond acceptors (Lipinski definition) is 8. The molecule has 1 aliphatic rings. The van der Waals surface area contributed by atoms with Crippen LogP contribution in [0.15, 0.2) is 35.8 Å². The second kappa shape index (κ2) is 9.02. The monoisotopic (exact) mass is 453 g/mol. The third kappa shape index (κ3) is 4.72. The molecule has 0 bridgehead atoms. The maximum absolute atomic E-state index is 13.2. The molecule has 1 saturated carbocycles. The van der Waals surface area contributed by atoms with Crippen molar-refractivity contribution in [3.63, 3.8) is 0 Å². The second-order valence-corrected chi connectivity index (χ2v) is 7.99. The van der Waals surface area contributed by atoms with Crippen molar-refractivity contribution in [2.75, 3.05) is 10.6 Å². The Kier molecular flexibility index (Phi) is 6.14. The summed E-state index contributed by atoms with van der Waals surface area (Å²) in [6, 6.07) is 3.23. The number of aliphatic hydroxyl groups excluding tert-OH is 1. The Morgan fingerprint density at radius 3 is 2.73 bits per heavy atom. The summed E-state index contributed by atoms with van der Waals surface area (Å²) in [6.45, 7) is 3.70. The highest BCUT2D eigenvalue weighted by Crippen LogP contribution is 2.35. The smallest absolute Gasteiger partial charge is 0.277 e. The van der Waals surface area contributed by atoms with Gasteiger partial charge in [0.25, 0.3) is 5.56 Å². The number of alkyl halides is 1. The number of halogens is 1. The van der Waals surface area contributed by atoms with Gasteiger partial charge >= 0.3 is 0 Å². The minimum atomic E-state index is -1.12. The van der Waals surface area contributed by atoms with E-state index in [1.165, 1.54) is 23.3 Å². The molecule has 0 aliphatic heterocycles. The van der Waals surface area contributed by atoms with Crippen LogP contribution < -0.4 is 16.2 Å². The first-order valence-electron chi connectivity index (χ1n) is 10.5. The average molecular weight is 453 g/mol. The first-order chi connectivity index (χ1) is 15.8. The van der Waals surface area contributed by atoms with Crippen molar-refractivity contribution in [3.05, 3.63) is 52.6 Å². The standard InChI is InChI=1S/C22H24FN7O3/c1-4-17(31)14-5-11(2)16(8-24-14)28-20-19(27-10-30(3)22(20)33)15-7-18(26-9-25-15)29-21(32)12-6-13(12)23/h5,7-10,12-13,17,28,31H,4,6H2,1-3H3,(H,25,26,29,32)/t12-,13+,17?/m0/s1. The van der Waals surface area contributed by atoms with Gasteiger partial charge < -0.3 is 20.3 Å². The van der Waals surface area contributed by atoms with Gasteiger partial charge in [-0.1, -0.05) is 6.92 Å². The van der Waals surface area contributed by atoms with Gasteiger partial charge in [0.2, 0.25) is 5.91 Å². The Balaban J connectivity index is 1.68. The number of rotatable bonds is 7. The fourth-order valence-corrected chi connectivity index (χ4v) is 3.29. The minimum Gasteiger partial charge on any atom is -0.387 e. The van der Waals surface area contributed by atoms with Gasteiger partial charge in [-0.05, 0) is 31.4 Å². The van der Waals surface area contributed by atoms with Crippen molar-refractivity contribution in [1.29, 1.82) is 0 Å². The second-order valence-electron chi connectivity index (χ2n) is 7.99. The molecule has 3 atom stereocenters. The van der Waals surface area contributed by atoms with Gasteiger partial charge in [-0.3, -0.25) is 14.6 Å². The van der Waals surface area contributed by atoms with Crippen LogP contribution in [0.4, 0.5) is 21.6 Å². The Morgan fingerprint density at radius 1 is 1.30 bits per heavy atom. The van der Waals surface area contributed by atoms with Crippen molar-refractivity contribution in [1.82, 2.24) is 24.5 Å². The van der Waals surface area contributed by atoms with Crippen LogP contribution in [0.5, 0.6) is 0 Å². The summed E-state index contributed by atoms with van der Waals surface area (Å²) >= 11 is 0. The zero-order valence-electron chi connectivity index (χ0n) is 18.4. The first kappa shape index (κ1) is 22.5. The van der Waals surface area contributed by atoms with Crippen molar-refractivity contribution in [2.24, 2.45) is 13.0 Å². The molecule has 11 heteroatoms. The Bertz CT molecular complexity index is 1260. The van der Waals surface area contributed by atoms with E-state index in [2.05, 4.69) is 30.6 Å². The molecule has 4 rings (SSSR count). The van der Waals surface area contributed by atoms with E-state index in [1.807, 2.05) is 13.8 Å². The molecule has 0 saturated heterocycles. The van der Waals surface area contributed by atoms with Gasteiger partial charge in [-0.2, -0.15) is 0 Å². The Morgan fingerprint density at radius 2 is 2.06 bits per heavy atom. The number of carbonyl (C=O) groups excluding carboxylic acids is 1. The van der Waals surface area contributed by atoms with Crippen LogP contribution in [-0.4, -0.2) is 41.7 Å². The average Bonchev–Trinajstić information content (AvgIpc) is 3.54. The number of aromatic nitrogens is 5. The summed E-state index contributed by atoms with van der Waals surface area (Å²) in [6.07, 6.45) is 3.10. The van der Waals surface area contributed by atoms with Gasteiger partial charge in [-0.15, -0.1) is 0 Å². The summed E-state index contributed by atoms with van der Waals surface area (Å²) in [5.74, 6) is -0.917. The molecule has 1 aliphatic carbocycles. The molecule has 3 aromatic heterocycles. The van der Waals surface area contributed by atoms with Crippen LogP contribution in [-0.2, 0) is 11.8 Å². The third-order valence-corrected chi connectivity index (χ3v) is 5.46. The fraction of sp³-hybridized carbons (Fsp3) is 0.364. The number of hydrogen-bond donors (Lipinski definition) is 3. The van der Waals surface area contributed by atoms with Crippen molar-refractivity contribution < 1.29 is 14.3 Å². The summed E-state index contributed by atoms with van der Waals surface area (Å²) in [4.78, 5) is 41.9. The van der Waals surface area contributed by atoms with Gasteiger partial charge in [0.05, 0.1) is 41.6 Å². The number of carbonyl (C=O) groups is 1. The molecule has 172 valence electrons. The Labute approximate surface area is 189 Å². The van der Waals surface area contributed by atoms with E-state index in [0.717, 1.165) is 5.56 Å². The highest BCUT2D eigenvalue weighted by atomic mass is 19.1. The molecule has 0 radical (unpaired) electrons. The highest BCUT2D eigenvalue weighted by Gasteiger charge is 2.43.